The number of rotatable bonds is 10. The van der Waals surface area contributed by atoms with Gasteiger partial charge in [-0.25, -0.2) is 4.98 Å². The molecule has 5 heteroatoms. The van der Waals surface area contributed by atoms with Gasteiger partial charge in [-0.05, 0) is 55.2 Å². The molecule has 1 heterocycles. The predicted molar refractivity (Wildman–Crippen MR) is 117 cm³/mol. The summed E-state index contributed by atoms with van der Waals surface area (Å²) in [5.41, 5.74) is 4.50. The van der Waals surface area contributed by atoms with Gasteiger partial charge in [-0.15, -0.1) is 11.3 Å². The molecule has 3 rings (SSSR count). The van der Waals surface area contributed by atoms with Crippen LogP contribution in [0.1, 0.15) is 38.2 Å². The third kappa shape index (κ3) is 6.20. The highest BCUT2D eigenvalue weighted by atomic mass is 32.1. The number of allylic oxidation sites excluding steroid dienone is 2. The average Bonchev–Trinajstić information content (AvgIpc) is 3.15. The molecule has 3 aromatic rings. The second kappa shape index (κ2) is 10.6. The lowest BCUT2D eigenvalue weighted by Gasteiger charge is -2.08. The first kappa shape index (κ1) is 20.1. The van der Waals surface area contributed by atoms with Crippen LogP contribution in [0.5, 0.6) is 5.75 Å². The van der Waals surface area contributed by atoms with E-state index >= 15 is 0 Å². The third-order valence-electron chi connectivity index (χ3n) is 4.28. The summed E-state index contributed by atoms with van der Waals surface area (Å²) in [6.07, 6.45) is 9.12. The molecule has 4 nitrogen and oxygen atoms in total. The summed E-state index contributed by atoms with van der Waals surface area (Å²) in [6, 6.07) is 13.5. The van der Waals surface area contributed by atoms with E-state index in [0.29, 0.717) is 13.0 Å². The molecule has 0 saturated carbocycles. The van der Waals surface area contributed by atoms with Crippen molar-refractivity contribution in [1.29, 1.82) is 0 Å². The van der Waals surface area contributed by atoms with E-state index in [2.05, 4.69) is 29.4 Å². The van der Waals surface area contributed by atoms with Crippen LogP contribution < -0.4 is 10.1 Å². The van der Waals surface area contributed by atoms with Gasteiger partial charge in [0.1, 0.15) is 5.75 Å². The number of carbonyl (C=O) groups is 1. The van der Waals surface area contributed by atoms with Crippen molar-refractivity contribution < 1.29 is 9.53 Å². The Morgan fingerprint density at radius 1 is 1.18 bits per heavy atom. The molecular weight excluding hydrogens is 368 g/mol. The van der Waals surface area contributed by atoms with Crippen LogP contribution in [0.3, 0.4) is 0 Å². The predicted octanol–water partition coefficient (Wildman–Crippen LogP) is 5.99. The average molecular weight is 395 g/mol. The largest absolute Gasteiger partial charge is 0.494 e. The van der Waals surface area contributed by atoms with Crippen LogP contribution in [-0.4, -0.2) is 17.5 Å². The number of anilines is 1. The number of nitrogens with zero attached hydrogens (tertiary/aromatic N) is 1. The SMILES string of the molecule is CCC/C=C/CCCOc1cccc(CC(=O)Nc2ccc3ncsc3c2)c1. The summed E-state index contributed by atoms with van der Waals surface area (Å²) in [5.74, 6) is 0.774. The maximum Gasteiger partial charge on any atom is 0.228 e. The first-order chi connectivity index (χ1) is 13.7. The van der Waals surface area contributed by atoms with Gasteiger partial charge in [0, 0.05) is 5.69 Å². The monoisotopic (exact) mass is 394 g/mol. The molecule has 0 spiro atoms. The molecule has 0 saturated heterocycles. The molecule has 1 N–H and O–H groups in total. The lowest BCUT2D eigenvalue weighted by Crippen LogP contribution is -2.14. The Labute approximate surface area is 170 Å². The van der Waals surface area contributed by atoms with E-state index in [1.807, 2.05) is 48.0 Å². The first-order valence-corrected chi connectivity index (χ1v) is 10.6. The zero-order chi connectivity index (χ0) is 19.6. The van der Waals surface area contributed by atoms with Gasteiger partial charge in [0.15, 0.2) is 0 Å². The second-order valence-corrected chi connectivity index (χ2v) is 7.54. The molecule has 1 aromatic heterocycles. The van der Waals surface area contributed by atoms with E-state index in [9.17, 15) is 4.79 Å². The van der Waals surface area contributed by atoms with Crippen molar-refractivity contribution in [2.75, 3.05) is 11.9 Å². The van der Waals surface area contributed by atoms with E-state index in [-0.39, 0.29) is 5.91 Å². The van der Waals surface area contributed by atoms with Crippen molar-refractivity contribution >= 4 is 33.1 Å². The summed E-state index contributed by atoms with van der Waals surface area (Å²) >= 11 is 1.57. The molecule has 0 fully saturated rings. The number of aromatic nitrogens is 1. The van der Waals surface area contributed by atoms with E-state index < -0.39 is 0 Å². The van der Waals surface area contributed by atoms with Crippen molar-refractivity contribution in [2.45, 2.75) is 39.0 Å². The Kier molecular flexibility index (Phi) is 7.62. The Morgan fingerprint density at radius 3 is 2.96 bits per heavy atom. The molecule has 2 aromatic carbocycles. The Balaban J connectivity index is 1.47. The zero-order valence-corrected chi connectivity index (χ0v) is 17.0. The Bertz CT molecular complexity index is 933. The molecular formula is C23H26N2O2S. The number of nitrogens with one attached hydrogen (secondary N) is 1. The van der Waals surface area contributed by atoms with Crippen LogP contribution in [0, 0.1) is 0 Å². The van der Waals surface area contributed by atoms with Gasteiger partial charge in [-0.1, -0.05) is 37.6 Å². The number of ether oxygens (including phenoxy) is 1. The molecule has 1 amide bonds. The van der Waals surface area contributed by atoms with Crippen molar-refractivity contribution in [3.63, 3.8) is 0 Å². The molecule has 28 heavy (non-hydrogen) atoms. The molecule has 0 bridgehead atoms. The lowest BCUT2D eigenvalue weighted by molar-refractivity contribution is -0.115. The molecule has 0 unspecified atom stereocenters. The van der Waals surface area contributed by atoms with Crippen LogP contribution in [0.2, 0.25) is 0 Å². The number of hydrogen-bond donors (Lipinski definition) is 1. The standard InChI is InChI=1S/C23H26N2O2S/c1-2-3-4-5-6-7-13-27-20-10-8-9-18(14-20)15-23(26)25-19-11-12-21-22(16-19)28-17-24-21/h4-5,8-12,14,16-17H,2-3,6-7,13,15H2,1H3,(H,25,26)/b5-4+. The van der Waals surface area contributed by atoms with Gasteiger partial charge in [0.2, 0.25) is 5.91 Å². The molecule has 0 atom stereocenters. The number of carbonyl (C=O) groups excluding carboxylic acids is 1. The quantitative estimate of drug-likeness (QED) is 0.339. The highest BCUT2D eigenvalue weighted by Crippen LogP contribution is 2.22. The van der Waals surface area contributed by atoms with Crippen molar-refractivity contribution in [2.24, 2.45) is 0 Å². The molecule has 0 aliphatic heterocycles. The van der Waals surface area contributed by atoms with Crippen molar-refractivity contribution in [3.05, 3.63) is 65.7 Å². The highest BCUT2D eigenvalue weighted by molar-refractivity contribution is 7.16. The minimum absolute atomic E-state index is 0.0397. The van der Waals surface area contributed by atoms with Gasteiger partial charge < -0.3 is 10.1 Å². The number of hydrogen-bond acceptors (Lipinski definition) is 4. The van der Waals surface area contributed by atoms with Crippen molar-refractivity contribution in [3.8, 4) is 5.75 Å². The van der Waals surface area contributed by atoms with Crippen LogP contribution in [0.25, 0.3) is 10.2 Å². The number of fused-ring (bicyclic) bond motifs is 1. The van der Waals surface area contributed by atoms with E-state index in [1.54, 1.807) is 11.3 Å². The molecule has 0 radical (unpaired) electrons. The summed E-state index contributed by atoms with van der Waals surface area (Å²) < 4.78 is 6.89. The van der Waals surface area contributed by atoms with Crippen LogP contribution >= 0.6 is 11.3 Å². The highest BCUT2D eigenvalue weighted by Gasteiger charge is 2.07. The molecule has 0 aliphatic rings. The number of amides is 1. The van der Waals surface area contributed by atoms with Crippen LogP contribution in [-0.2, 0) is 11.2 Å². The summed E-state index contributed by atoms with van der Waals surface area (Å²) in [5, 5.41) is 2.96. The first-order valence-electron chi connectivity index (χ1n) is 9.74. The van der Waals surface area contributed by atoms with Gasteiger partial charge in [0.05, 0.1) is 28.8 Å². The van der Waals surface area contributed by atoms with E-state index in [0.717, 1.165) is 46.5 Å². The van der Waals surface area contributed by atoms with Gasteiger partial charge >= 0.3 is 0 Å². The summed E-state index contributed by atoms with van der Waals surface area (Å²) in [4.78, 5) is 16.6. The normalized spacial score (nSPS) is 11.2. The zero-order valence-electron chi connectivity index (χ0n) is 16.2. The Morgan fingerprint density at radius 2 is 2.07 bits per heavy atom. The van der Waals surface area contributed by atoms with Gasteiger partial charge in [-0.3, -0.25) is 4.79 Å². The van der Waals surface area contributed by atoms with Crippen LogP contribution in [0.4, 0.5) is 5.69 Å². The smallest absolute Gasteiger partial charge is 0.228 e. The van der Waals surface area contributed by atoms with E-state index in [1.165, 1.54) is 6.42 Å². The summed E-state index contributed by atoms with van der Waals surface area (Å²) in [6.45, 7) is 2.86. The topological polar surface area (TPSA) is 51.2 Å². The van der Waals surface area contributed by atoms with Gasteiger partial charge in [-0.2, -0.15) is 0 Å². The number of unbranched alkanes of at least 4 members (excludes halogenated alkanes) is 2. The fourth-order valence-electron chi connectivity index (χ4n) is 2.86. The van der Waals surface area contributed by atoms with Gasteiger partial charge in [0.25, 0.3) is 0 Å². The third-order valence-corrected chi connectivity index (χ3v) is 5.08. The maximum atomic E-state index is 12.4. The summed E-state index contributed by atoms with van der Waals surface area (Å²) in [7, 11) is 0. The minimum atomic E-state index is -0.0397. The van der Waals surface area contributed by atoms with Crippen LogP contribution in [0.15, 0.2) is 60.1 Å². The fourth-order valence-corrected chi connectivity index (χ4v) is 3.58. The fraction of sp³-hybridized carbons (Fsp3) is 0.304. The second-order valence-electron chi connectivity index (χ2n) is 6.66. The Hall–Kier alpha value is -2.66. The number of thiazole rings is 1. The molecule has 0 aliphatic carbocycles. The maximum absolute atomic E-state index is 12.4. The van der Waals surface area contributed by atoms with E-state index in [4.69, 9.17) is 4.74 Å². The number of benzene rings is 2. The van der Waals surface area contributed by atoms with Crippen molar-refractivity contribution in [1.82, 2.24) is 4.98 Å². The lowest BCUT2D eigenvalue weighted by atomic mass is 10.1. The molecule has 146 valence electrons. The minimum Gasteiger partial charge on any atom is -0.494 e.